The molecule has 2 amide bonds. The molecule has 0 saturated heterocycles. The highest BCUT2D eigenvalue weighted by Gasteiger charge is 2.14. The number of hydrogen-bond donors (Lipinski definition) is 2. The molecule has 0 unspecified atom stereocenters. The molecule has 0 saturated carbocycles. The Morgan fingerprint density at radius 1 is 1.08 bits per heavy atom. The van der Waals surface area contributed by atoms with Crippen LogP contribution in [0.1, 0.15) is 25.0 Å². The van der Waals surface area contributed by atoms with Gasteiger partial charge in [0.15, 0.2) is 0 Å². The number of para-hydroxylation sites is 1. The molecule has 2 N–H and O–H groups in total. The number of anilines is 1. The van der Waals surface area contributed by atoms with Gasteiger partial charge < -0.3 is 5.32 Å². The number of benzene rings is 2. The second-order valence-electron chi connectivity index (χ2n) is 5.41. The number of nitro benzene ring substituents is 1. The van der Waals surface area contributed by atoms with E-state index in [-0.39, 0.29) is 5.69 Å². The standard InChI is InChI=1S/C18H18N4O4/c1-3-13-6-4-5-7-16(13)19-17(23)18(24)21-20-12(2)14-8-10-15(11-9-14)22(25)26/h4-11H,3H2,1-2H3,(H,19,23)(H,21,24). The molecule has 134 valence electrons. The first-order valence-corrected chi connectivity index (χ1v) is 7.90. The van der Waals surface area contributed by atoms with Gasteiger partial charge in [0.1, 0.15) is 0 Å². The van der Waals surface area contributed by atoms with Crippen LogP contribution in [0.3, 0.4) is 0 Å². The Balaban J connectivity index is 2.00. The van der Waals surface area contributed by atoms with E-state index in [9.17, 15) is 19.7 Å². The van der Waals surface area contributed by atoms with Crippen molar-refractivity contribution >= 4 is 28.9 Å². The summed E-state index contributed by atoms with van der Waals surface area (Å²) in [5.74, 6) is -1.73. The number of hydrazone groups is 1. The third-order valence-electron chi connectivity index (χ3n) is 3.67. The van der Waals surface area contributed by atoms with Crippen molar-refractivity contribution in [3.8, 4) is 0 Å². The average Bonchev–Trinajstić information content (AvgIpc) is 2.66. The van der Waals surface area contributed by atoms with Crippen LogP contribution in [0.2, 0.25) is 0 Å². The number of nitro groups is 1. The van der Waals surface area contributed by atoms with Gasteiger partial charge in [0.05, 0.1) is 10.6 Å². The Hall–Kier alpha value is -3.55. The highest BCUT2D eigenvalue weighted by atomic mass is 16.6. The molecule has 0 spiro atoms. The minimum absolute atomic E-state index is 0.0421. The van der Waals surface area contributed by atoms with Gasteiger partial charge in [-0.1, -0.05) is 25.1 Å². The Morgan fingerprint density at radius 2 is 1.73 bits per heavy atom. The van der Waals surface area contributed by atoms with E-state index in [1.54, 1.807) is 19.1 Å². The highest BCUT2D eigenvalue weighted by Crippen LogP contribution is 2.15. The number of non-ortho nitro benzene ring substituents is 1. The molecule has 0 heterocycles. The second kappa shape index (κ2) is 8.52. The van der Waals surface area contributed by atoms with Gasteiger partial charge in [-0.2, -0.15) is 5.10 Å². The minimum Gasteiger partial charge on any atom is -0.317 e. The maximum absolute atomic E-state index is 12.0. The number of carbonyl (C=O) groups is 2. The summed E-state index contributed by atoms with van der Waals surface area (Å²) in [5.41, 5.74) is 4.63. The van der Waals surface area contributed by atoms with Gasteiger partial charge in [-0.3, -0.25) is 19.7 Å². The van der Waals surface area contributed by atoms with Gasteiger partial charge in [0.25, 0.3) is 5.69 Å². The molecular weight excluding hydrogens is 336 g/mol. The van der Waals surface area contributed by atoms with E-state index in [0.717, 1.165) is 12.0 Å². The first-order valence-electron chi connectivity index (χ1n) is 7.90. The maximum atomic E-state index is 12.0. The molecular formula is C18H18N4O4. The number of nitrogens with one attached hydrogen (secondary N) is 2. The largest absolute Gasteiger partial charge is 0.329 e. The predicted octanol–water partition coefficient (Wildman–Crippen LogP) is 2.64. The molecule has 0 bridgehead atoms. The fraction of sp³-hybridized carbons (Fsp3) is 0.167. The van der Waals surface area contributed by atoms with Crippen LogP contribution in [-0.2, 0) is 16.0 Å². The van der Waals surface area contributed by atoms with E-state index in [1.165, 1.54) is 24.3 Å². The topological polar surface area (TPSA) is 114 Å². The normalized spacial score (nSPS) is 10.9. The lowest BCUT2D eigenvalue weighted by Gasteiger charge is -2.08. The van der Waals surface area contributed by atoms with Crippen molar-refractivity contribution in [1.82, 2.24) is 5.43 Å². The Labute approximate surface area is 150 Å². The molecule has 0 aliphatic carbocycles. The van der Waals surface area contributed by atoms with Crippen molar-refractivity contribution in [3.05, 3.63) is 69.8 Å². The van der Waals surface area contributed by atoms with E-state index in [4.69, 9.17) is 0 Å². The predicted molar refractivity (Wildman–Crippen MR) is 97.9 cm³/mol. The summed E-state index contributed by atoms with van der Waals surface area (Å²) in [7, 11) is 0. The smallest absolute Gasteiger partial charge is 0.317 e. The molecule has 26 heavy (non-hydrogen) atoms. The Kier molecular flexibility index (Phi) is 6.15. The van der Waals surface area contributed by atoms with E-state index >= 15 is 0 Å². The van der Waals surface area contributed by atoms with Crippen molar-refractivity contribution < 1.29 is 14.5 Å². The second-order valence-corrected chi connectivity index (χ2v) is 5.41. The van der Waals surface area contributed by atoms with Gasteiger partial charge in [-0.25, -0.2) is 5.43 Å². The summed E-state index contributed by atoms with van der Waals surface area (Å²) in [6.45, 7) is 3.56. The lowest BCUT2D eigenvalue weighted by Crippen LogP contribution is -2.33. The van der Waals surface area contributed by atoms with E-state index < -0.39 is 16.7 Å². The summed E-state index contributed by atoms with van der Waals surface area (Å²) in [6, 6.07) is 12.9. The molecule has 0 aliphatic rings. The van der Waals surface area contributed by atoms with Crippen molar-refractivity contribution in [2.45, 2.75) is 20.3 Å². The number of carbonyl (C=O) groups excluding carboxylic acids is 2. The van der Waals surface area contributed by atoms with E-state index in [0.29, 0.717) is 17.0 Å². The molecule has 2 aromatic rings. The van der Waals surface area contributed by atoms with Crippen LogP contribution in [-0.4, -0.2) is 22.4 Å². The van der Waals surface area contributed by atoms with Crippen LogP contribution in [0.5, 0.6) is 0 Å². The van der Waals surface area contributed by atoms with Crippen LogP contribution in [0.25, 0.3) is 0 Å². The zero-order chi connectivity index (χ0) is 19.1. The highest BCUT2D eigenvalue weighted by molar-refractivity contribution is 6.39. The van der Waals surface area contributed by atoms with Crippen molar-refractivity contribution in [2.24, 2.45) is 5.10 Å². The molecule has 8 heteroatoms. The molecule has 2 aromatic carbocycles. The molecule has 8 nitrogen and oxygen atoms in total. The van der Waals surface area contributed by atoms with Crippen LogP contribution in [0.4, 0.5) is 11.4 Å². The number of nitrogens with zero attached hydrogens (tertiary/aromatic N) is 2. The van der Waals surface area contributed by atoms with Crippen LogP contribution in [0.15, 0.2) is 53.6 Å². The quantitative estimate of drug-likeness (QED) is 0.372. The van der Waals surface area contributed by atoms with Gasteiger partial charge in [-0.15, -0.1) is 0 Å². The van der Waals surface area contributed by atoms with Crippen LogP contribution < -0.4 is 10.7 Å². The van der Waals surface area contributed by atoms with Crippen molar-refractivity contribution in [3.63, 3.8) is 0 Å². The fourth-order valence-corrected chi connectivity index (χ4v) is 2.20. The number of amides is 2. The molecule has 0 aliphatic heterocycles. The van der Waals surface area contributed by atoms with Gasteiger partial charge >= 0.3 is 11.8 Å². The van der Waals surface area contributed by atoms with Crippen LogP contribution in [0, 0.1) is 10.1 Å². The summed E-state index contributed by atoms with van der Waals surface area (Å²) < 4.78 is 0. The zero-order valence-corrected chi connectivity index (χ0v) is 14.4. The van der Waals surface area contributed by atoms with Gasteiger partial charge in [0, 0.05) is 17.8 Å². The summed E-state index contributed by atoms with van der Waals surface area (Å²) in [6.07, 6.45) is 0.718. The summed E-state index contributed by atoms with van der Waals surface area (Å²) in [5, 5.41) is 17.1. The number of hydrogen-bond acceptors (Lipinski definition) is 5. The van der Waals surface area contributed by atoms with E-state index in [2.05, 4.69) is 15.8 Å². The Bertz CT molecular complexity index is 860. The zero-order valence-electron chi connectivity index (χ0n) is 14.4. The summed E-state index contributed by atoms with van der Waals surface area (Å²) >= 11 is 0. The lowest BCUT2D eigenvalue weighted by atomic mass is 10.1. The average molecular weight is 354 g/mol. The first kappa shape index (κ1) is 18.8. The summed E-state index contributed by atoms with van der Waals surface area (Å²) in [4.78, 5) is 34.0. The molecule has 0 atom stereocenters. The third-order valence-corrected chi connectivity index (χ3v) is 3.67. The number of aryl methyl sites for hydroxylation is 1. The van der Waals surface area contributed by atoms with Gasteiger partial charge in [0.2, 0.25) is 0 Å². The van der Waals surface area contributed by atoms with E-state index in [1.807, 2.05) is 19.1 Å². The number of rotatable bonds is 5. The molecule has 0 fully saturated rings. The van der Waals surface area contributed by atoms with Gasteiger partial charge in [-0.05, 0) is 42.7 Å². The van der Waals surface area contributed by atoms with Crippen LogP contribution >= 0.6 is 0 Å². The third kappa shape index (κ3) is 4.73. The maximum Gasteiger partial charge on any atom is 0.329 e. The monoisotopic (exact) mass is 354 g/mol. The Morgan fingerprint density at radius 3 is 2.35 bits per heavy atom. The fourth-order valence-electron chi connectivity index (χ4n) is 2.20. The minimum atomic E-state index is -0.905. The van der Waals surface area contributed by atoms with Crippen molar-refractivity contribution in [1.29, 1.82) is 0 Å². The SMILES string of the molecule is CCc1ccccc1NC(=O)C(=O)NN=C(C)c1ccc([N+](=O)[O-])cc1. The van der Waals surface area contributed by atoms with Crippen molar-refractivity contribution in [2.75, 3.05) is 5.32 Å². The molecule has 0 radical (unpaired) electrons. The lowest BCUT2D eigenvalue weighted by molar-refractivity contribution is -0.384. The molecule has 0 aromatic heterocycles. The first-order chi connectivity index (χ1) is 12.4. The molecule has 2 rings (SSSR count).